The minimum atomic E-state index is -0.714. The highest BCUT2D eigenvalue weighted by Crippen LogP contribution is 2.17. The molecule has 1 atom stereocenters. The fourth-order valence-electron chi connectivity index (χ4n) is 0.901. The molecule has 1 rings (SSSR count). The van der Waals surface area contributed by atoms with Crippen LogP contribution < -0.4 is 5.90 Å². The third kappa shape index (κ3) is 2.46. The van der Waals surface area contributed by atoms with E-state index in [2.05, 4.69) is 4.84 Å². The van der Waals surface area contributed by atoms with Gasteiger partial charge in [-0.3, -0.25) is 0 Å². The molecule has 0 saturated carbocycles. The summed E-state index contributed by atoms with van der Waals surface area (Å²) < 4.78 is 0. The monoisotopic (exact) mass is 187 g/mol. The Morgan fingerprint density at radius 2 is 2.33 bits per heavy atom. The van der Waals surface area contributed by atoms with Gasteiger partial charge < -0.3 is 9.94 Å². The van der Waals surface area contributed by atoms with Crippen molar-refractivity contribution in [2.75, 3.05) is 6.61 Å². The van der Waals surface area contributed by atoms with Crippen LogP contribution in [0.4, 0.5) is 0 Å². The molecule has 3 N–H and O–H groups in total. The SMILES string of the molecule is NOCC(O)c1cccc(Cl)c1. The van der Waals surface area contributed by atoms with E-state index in [0.717, 1.165) is 0 Å². The molecular formula is C8H10ClNO2. The first-order valence-corrected chi connectivity index (χ1v) is 3.87. The van der Waals surface area contributed by atoms with E-state index in [1.165, 1.54) is 0 Å². The van der Waals surface area contributed by atoms with E-state index >= 15 is 0 Å². The molecule has 0 aliphatic heterocycles. The Kier molecular flexibility index (Phi) is 3.49. The molecule has 0 bridgehead atoms. The standard InChI is InChI=1S/C8H10ClNO2/c9-7-3-1-2-6(4-7)8(11)5-12-10/h1-4,8,11H,5,10H2. The van der Waals surface area contributed by atoms with Crippen LogP contribution >= 0.6 is 11.6 Å². The van der Waals surface area contributed by atoms with Crippen molar-refractivity contribution in [2.24, 2.45) is 5.90 Å². The van der Waals surface area contributed by atoms with Gasteiger partial charge in [-0.2, -0.15) is 0 Å². The average Bonchev–Trinajstić information content (AvgIpc) is 2.05. The maximum absolute atomic E-state index is 9.38. The number of hydrogen-bond acceptors (Lipinski definition) is 3. The van der Waals surface area contributed by atoms with Crippen LogP contribution in [-0.4, -0.2) is 11.7 Å². The second-order valence-electron chi connectivity index (χ2n) is 2.40. The van der Waals surface area contributed by atoms with Crippen molar-refractivity contribution >= 4 is 11.6 Å². The molecule has 4 heteroatoms. The van der Waals surface area contributed by atoms with Crippen molar-refractivity contribution in [3.63, 3.8) is 0 Å². The molecule has 1 aromatic carbocycles. The van der Waals surface area contributed by atoms with E-state index < -0.39 is 6.10 Å². The highest BCUT2D eigenvalue weighted by Gasteiger charge is 2.06. The molecule has 1 unspecified atom stereocenters. The van der Waals surface area contributed by atoms with Crippen LogP contribution in [0.5, 0.6) is 0 Å². The summed E-state index contributed by atoms with van der Waals surface area (Å²) in [6, 6.07) is 6.93. The molecule has 0 aliphatic carbocycles. The largest absolute Gasteiger partial charge is 0.386 e. The summed E-state index contributed by atoms with van der Waals surface area (Å²) in [5.74, 6) is 4.81. The number of aliphatic hydroxyl groups is 1. The van der Waals surface area contributed by atoms with Gasteiger partial charge >= 0.3 is 0 Å². The molecular weight excluding hydrogens is 178 g/mol. The topological polar surface area (TPSA) is 55.5 Å². The number of halogens is 1. The summed E-state index contributed by atoms with van der Waals surface area (Å²) in [5.41, 5.74) is 0.702. The van der Waals surface area contributed by atoms with Crippen molar-refractivity contribution < 1.29 is 9.94 Å². The molecule has 0 spiro atoms. The number of benzene rings is 1. The second-order valence-corrected chi connectivity index (χ2v) is 2.84. The third-order valence-corrected chi connectivity index (χ3v) is 1.72. The van der Waals surface area contributed by atoms with Crippen LogP contribution in [-0.2, 0) is 4.84 Å². The molecule has 0 fully saturated rings. The molecule has 0 radical (unpaired) electrons. The van der Waals surface area contributed by atoms with Crippen molar-refractivity contribution in [1.29, 1.82) is 0 Å². The Morgan fingerprint density at radius 3 is 2.92 bits per heavy atom. The van der Waals surface area contributed by atoms with Gasteiger partial charge in [0.1, 0.15) is 6.10 Å². The molecule has 3 nitrogen and oxygen atoms in total. The summed E-state index contributed by atoms with van der Waals surface area (Å²) >= 11 is 5.71. The van der Waals surface area contributed by atoms with Gasteiger partial charge in [0.25, 0.3) is 0 Å². The molecule has 0 aromatic heterocycles. The van der Waals surface area contributed by atoms with Crippen LogP contribution in [0.1, 0.15) is 11.7 Å². The lowest BCUT2D eigenvalue weighted by atomic mass is 10.1. The first kappa shape index (κ1) is 9.48. The molecule has 66 valence electrons. The molecule has 12 heavy (non-hydrogen) atoms. The smallest absolute Gasteiger partial charge is 0.104 e. The zero-order chi connectivity index (χ0) is 8.97. The quantitative estimate of drug-likeness (QED) is 0.701. The van der Waals surface area contributed by atoms with Gasteiger partial charge in [0, 0.05) is 5.02 Å². The van der Waals surface area contributed by atoms with Gasteiger partial charge in [0.05, 0.1) is 6.61 Å². The van der Waals surface area contributed by atoms with Crippen LogP contribution in [0.25, 0.3) is 0 Å². The number of aliphatic hydroxyl groups excluding tert-OH is 1. The van der Waals surface area contributed by atoms with E-state index in [4.69, 9.17) is 17.5 Å². The van der Waals surface area contributed by atoms with Crippen molar-refractivity contribution in [2.45, 2.75) is 6.10 Å². The third-order valence-electron chi connectivity index (χ3n) is 1.49. The van der Waals surface area contributed by atoms with E-state index in [0.29, 0.717) is 10.6 Å². The Labute approximate surface area is 75.7 Å². The molecule has 0 heterocycles. The van der Waals surface area contributed by atoms with Crippen molar-refractivity contribution in [3.05, 3.63) is 34.9 Å². The van der Waals surface area contributed by atoms with Crippen LogP contribution in [0, 0.1) is 0 Å². The lowest BCUT2D eigenvalue weighted by molar-refractivity contribution is 0.0359. The van der Waals surface area contributed by atoms with Gasteiger partial charge in [0.15, 0.2) is 0 Å². The fourth-order valence-corrected chi connectivity index (χ4v) is 1.10. The maximum Gasteiger partial charge on any atom is 0.104 e. The van der Waals surface area contributed by atoms with Gasteiger partial charge in [-0.05, 0) is 17.7 Å². The van der Waals surface area contributed by atoms with Crippen LogP contribution in [0.15, 0.2) is 24.3 Å². The Bertz CT molecular complexity index is 255. The first-order chi connectivity index (χ1) is 5.74. The average molecular weight is 188 g/mol. The molecule has 0 amide bonds. The zero-order valence-electron chi connectivity index (χ0n) is 6.40. The molecule has 0 aliphatic rings. The van der Waals surface area contributed by atoms with Gasteiger partial charge in [-0.15, -0.1) is 0 Å². The number of nitrogens with two attached hydrogens (primary N) is 1. The summed E-state index contributed by atoms with van der Waals surface area (Å²) in [5, 5.41) is 9.97. The Hall–Kier alpha value is -0.610. The van der Waals surface area contributed by atoms with Crippen LogP contribution in [0.3, 0.4) is 0 Å². The zero-order valence-corrected chi connectivity index (χ0v) is 7.16. The summed E-state index contributed by atoms with van der Waals surface area (Å²) in [7, 11) is 0. The van der Waals surface area contributed by atoms with E-state index in [-0.39, 0.29) is 6.61 Å². The van der Waals surface area contributed by atoms with Crippen molar-refractivity contribution in [3.8, 4) is 0 Å². The van der Waals surface area contributed by atoms with E-state index in [9.17, 15) is 5.11 Å². The summed E-state index contributed by atoms with van der Waals surface area (Å²) in [6.07, 6.45) is -0.714. The van der Waals surface area contributed by atoms with Gasteiger partial charge in [-0.25, -0.2) is 5.90 Å². The van der Waals surface area contributed by atoms with Crippen molar-refractivity contribution in [1.82, 2.24) is 0 Å². The molecule has 1 aromatic rings. The number of rotatable bonds is 3. The lowest BCUT2D eigenvalue weighted by Crippen LogP contribution is -2.10. The Morgan fingerprint density at radius 1 is 1.58 bits per heavy atom. The lowest BCUT2D eigenvalue weighted by Gasteiger charge is -2.08. The van der Waals surface area contributed by atoms with Gasteiger partial charge in [0.2, 0.25) is 0 Å². The van der Waals surface area contributed by atoms with Crippen LogP contribution in [0.2, 0.25) is 5.02 Å². The number of hydrogen-bond donors (Lipinski definition) is 2. The van der Waals surface area contributed by atoms with Gasteiger partial charge in [-0.1, -0.05) is 23.7 Å². The predicted octanol–water partition coefficient (Wildman–Crippen LogP) is 1.26. The summed E-state index contributed by atoms with van der Waals surface area (Å²) in [6.45, 7) is 0.0698. The fraction of sp³-hybridized carbons (Fsp3) is 0.250. The highest BCUT2D eigenvalue weighted by atomic mass is 35.5. The Balaban J connectivity index is 2.73. The summed E-state index contributed by atoms with van der Waals surface area (Å²) in [4.78, 5) is 4.30. The minimum absolute atomic E-state index is 0.0698. The molecule has 0 saturated heterocycles. The minimum Gasteiger partial charge on any atom is -0.386 e. The second kappa shape index (κ2) is 4.42. The van der Waals surface area contributed by atoms with E-state index in [1.807, 2.05) is 0 Å². The maximum atomic E-state index is 9.38. The predicted molar refractivity (Wildman–Crippen MR) is 46.6 cm³/mol. The first-order valence-electron chi connectivity index (χ1n) is 3.49. The van der Waals surface area contributed by atoms with E-state index in [1.54, 1.807) is 24.3 Å². The normalized spacial score (nSPS) is 12.9. The highest BCUT2D eigenvalue weighted by molar-refractivity contribution is 6.30.